The van der Waals surface area contributed by atoms with Gasteiger partial charge in [-0.3, -0.25) is 14.3 Å². The quantitative estimate of drug-likeness (QED) is 0.650. The average molecular weight is 413 g/mol. The van der Waals surface area contributed by atoms with Gasteiger partial charge >= 0.3 is 0 Å². The number of hydrogen-bond acceptors (Lipinski definition) is 4. The Morgan fingerprint density at radius 3 is 2.17 bits per heavy atom. The highest BCUT2D eigenvalue weighted by molar-refractivity contribution is 7.90. The first kappa shape index (κ1) is 20.8. The van der Waals surface area contributed by atoms with Crippen LogP contribution in [0.5, 0.6) is 0 Å². The van der Waals surface area contributed by atoms with E-state index in [-0.39, 0.29) is 10.5 Å². The Morgan fingerprint density at radius 1 is 1.03 bits per heavy atom. The minimum absolute atomic E-state index is 0.0356. The first-order chi connectivity index (χ1) is 13.5. The summed E-state index contributed by atoms with van der Waals surface area (Å²) in [5.74, 6) is -0.429. The number of benzene rings is 2. The van der Waals surface area contributed by atoms with Gasteiger partial charge in [0.1, 0.15) is 5.56 Å². The van der Waals surface area contributed by atoms with E-state index in [1.165, 1.54) is 23.0 Å². The number of aromatic amines is 1. The number of nitrogens with one attached hydrogen (secondary N) is 1. The first-order valence-corrected chi connectivity index (χ1v) is 11.2. The molecule has 1 aromatic heterocycles. The third kappa shape index (κ3) is 3.82. The molecule has 7 heteroatoms. The maximum atomic E-state index is 13.1. The summed E-state index contributed by atoms with van der Waals surface area (Å²) in [5.41, 5.74) is 3.70. The largest absolute Gasteiger partial charge is 0.302 e. The number of sulfone groups is 1. The van der Waals surface area contributed by atoms with Crippen molar-refractivity contribution in [3.63, 3.8) is 0 Å². The van der Waals surface area contributed by atoms with Crippen LogP contribution in [-0.4, -0.2) is 30.2 Å². The average Bonchev–Trinajstić information content (AvgIpc) is 2.99. The molecule has 2 aromatic carbocycles. The number of carbonyl (C=O) groups excluding carboxylic acids is 1. The smallest absolute Gasteiger partial charge is 0.277 e. The zero-order valence-corrected chi connectivity index (χ0v) is 18.0. The van der Waals surface area contributed by atoms with Crippen LogP contribution in [0.15, 0.2) is 46.2 Å². The molecule has 3 aromatic rings. The number of hydrogen-bond donors (Lipinski definition) is 1. The Bertz CT molecular complexity index is 1260. The third-order valence-corrected chi connectivity index (χ3v) is 6.12. The molecule has 1 N–H and O–H groups in total. The lowest BCUT2D eigenvalue weighted by Gasteiger charge is -2.16. The van der Waals surface area contributed by atoms with E-state index in [9.17, 15) is 18.0 Å². The molecular weight excluding hydrogens is 388 g/mol. The molecule has 0 saturated carbocycles. The molecule has 0 aliphatic rings. The lowest BCUT2D eigenvalue weighted by Crippen LogP contribution is -2.21. The van der Waals surface area contributed by atoms with Crippen molar-refractivity contribution in [1.29, 1.82) is 0 Å². The second-order valence-corrected chi connectivity index (χ2v) is 9.31. The van der Waals surface area contributed by atoms with E-state index < -0.39 is 21.2 Å². The molecule has 0 fully saturated rings. The summed E-state index contributed by atoms with van der Waals surface area (Å²) in [6, 6.07) is 8.74. The van der Waals surface area contributed by atoms with Crippen molar-refractivity contribution in [1.82, 2.24) is 9.78 Å². The van der Waals surface area contributed by atoms with Gasteiger partial charge in [-0.05, 0) is 51.0 Å². The summed E-state index contributed by atoms with van der Waals surface area (Å²) < 4.78 is 26.3. The first-order valence-electron chi connectivity index (χ1n) is 9.29. The molecular formula is C22H24N2O4S. The summed E-state index contributed by atoms with van der Waals surface area (Å²) in [6.07, 6.45) is 2.55. The van der Waals surface area contributed by atoms with Crippen molar-refractivity contribution < 1.29 is 13.2 Å². The van der Waals surface area contributed by atoms with Crippen molar-refractivity contribution in [2.24, 2.45) is 0 Å². The van der Waals surface area contributed by atoms with Crippen molar-refractivity contribution in [2.45, 2.75) is 39.1 Å². The molecule has 152 valence electrons. The molecule has 6 nitrogen and oxygen atoms in total. The van der Waals surface area contributed by atoms with E-state index >= 15 is 0 Å². The van der Waals surface area contributed by atoms with Crippen molar-refractivity contribution >= 4 is 15.6 Å². The molecule has 0 atom stereocenters. The molecule has 0 saturated heterocycles. The van der Waals surface area contributed by atoms with E-state index in [0.717, 1.165) is 22.9 Å². The van der Waals surface area contributed by atoms with Gasteiger partial charge in [0.25, 0.3) is 5.56 Å². The Hall–Kier alpha value is -2.93. The van der Waals surface area contributed by atoms with Gasteiger partial charge in [-0.1, -0.05) is 29.3 Å². The van der Waals surface area contributed by atoms with Gasteiger partial charge in [0.05, 0.1) is 4.90 Å². The number of aryl methyl sites for hydroxylation is 3. The fraction of sp³-hybridized carbons (Fsp3) is 0.273. The Labute approximate surface area is 170 Å². The highest BCUT2D eigenvalue weighted by Crippen LogP contribution is 2.34. The van der Waals surface area contributed by atoms with Gasteiger partial charge in [-0.2, -0.15) is 0 Å². The zero-order valence-electron chi connectivity index (χ0n) is 17.2. The SMILES string of the molecule is CCn1[nH]cc(C(=O)c2ccc(S(C)(=O)=O)c(-c3cc(C)cc(C)c3)c2C)c1=O. The van der Waals surface area contributed by atoms with E-state index in [1.54, 1.807) is 13.8 Å². The normalized spacial score (nSPS) is 11.6. The van der Waals surface area contributed by atoms with Crippen LogP contribution in [0, 0.1) is 20.8 Å². The second kappa shape index (κ2) is 7.48. The predicted octanol–water partition coefficient (Wildman–Crippen LogP) is 3.42. The summed E-state index contributed by atoms with van der Waals surface area (Å²) in [6.45, 7) is 7.82. The summed E-state index contributed by atoms with van der Waals surface area (Å²) in [5, 5.41) is 2.78. The van der Waals surface area contributed by atoms with Gasteiger partial charge in [0.15, 0.2) is 15.6 Å². The monoisotopic (exact) mass is 412 g/mol. The maximum Gasteiger partial charge on any atom is 0.277 e. The lowest BCUT2D eigenvalue weighted by atomic mass is 9.91. The highest BCUT2D eigenvalue weighted by atomic mass is 32.2. The van der Waals surface area contributed by atoms with Gasteiger partial charge in [0.2, 0.25) is 0 Å². The van der Waals surface area contributed by atoms with Gasteiger partial charge in [0, 0.05) is 30.1 Å². The van der Waals surface area contributed by atoms with Crippen LogP contribution in [0.4, 0.5) is 0 Å². The molecule has 0 amide bonds. The molecule has 3 rings (SSSR count). The molecule has 0 spiro atoms. The summed E-state index contributed by atoms with van der Waals surface area (Å²) >= 11 is 0. The van der Waals surface area contributed by atoms with Crippen LogP contribution in [0.2, 0.25) is 0 Å². The van der Waals surface area contributed by atoms with Crippen molar-refractivity contribution in [3.05, 3.63) is 74.7 Å². The Morgan fingerprint density at radius 2 is 1.66 bits per heavy atom. The highest BCUT2D eigenvalue weighted by Gasteiger charge is 2.24. The topological polar surface area (TPSA) is 89.0 Å². The van der Waals surface area contributed by atoms with E-state index in [0.29, 0.717) is 23.2 Å². The standard InChI is InChI=1S/C22H24N2O4S/c1-6-24-22(26)18(12-23-24)21(25)17-7-8-19(29(5,27)28)20(15(17)4)16-10-13(2)9-14(3)11-16/h7-12,23H,6H2,1-5H3. The van der Waals surface area contributed by atoms with Gasteiger partial charge < -0.3 is 5.10 Å². The Kier molecular flexibility index (Phi) is 5.36. The van der Waals surface area contributed by atoms with Crippen molar-refractivity contribution in [3.8, 4) is 11.1 Å². The van der Waals surface area contributed by atoms with E-state index in [2.05, 4.69) is 5.10 Å². The van der Waals surface area contributed by atoms with Crippen LogP contribution in [0.25, 0.3) is 11.1 Å². The molecule has 0 aliphatic carbocycles. The second-order valence-electron chi connectivity index (χ2n) is 7.33. The molecule has 0 radical (unpaired) electrons. The van der Waals surface area contributed by atoms with Crippen LogP contribution < -0.4 is 5.56 Å². The number of ketones is 1. The van der Waals surface area contributed by atoms with Crippen LogP contribution >= 0.6 is 0 Å². The van der Waals surface area contributed by atoms with Gasteiger partial charge in [-0.25, -0.2) is 8.42 Å². The molecule has 0 unspecified atom stereocenters. The van der Waals surface area contributed by atoms with Crippen LogP contribution in [0.3, 0.4) is 0 Å². The number of H-pyrrole nitrogens is 1. The summed E-state index contributed by atoms with van der Waals surface area (Å²) in [4.78, 5) is 25.7. The molecule has 0 bridgehead atoms. The van der Waals surface area contributed by atoms with E-state index in [4.69, 9.17) is 0 Å². The molecule has 29 heavy (non-hydrogen) atoms. The molecule has 0 aliphatic heterocycles. The zero-order chi connectivity index (χ0) is 21.5. The molecule has 1 heterocycles. The van der Waals surface area contributed by atoms with E-state index in [1.807, 2.05) is 32.0 Å². The van der Waals surface area contributed by atoms with Gasteiger partial charge in [-0.15, -0.1) is 0 Å². The van der Waals surface area contributed by atoms with Crippen LogP contribution in [-0.2, 0) is 16.4 Å². The number of carbonyl (C=O) groups is 1. The lowest BCUT2D eigenvalue weighted by molar-refractivity contribution is 0.103. The minimum atomic E-state index is -3.53. The summed E-state index contributed by atoms with van der Waals surface area (Å²) in [7, 11) is -3.53. The fourth-order valence-electron chi connectivity index (χ4n) is 3.67. The third-order valence-electron chi connectivity index (χ3n) is 4.98. The Balaban J connectivity index is 2.30. The fourth-order valence-corrected chi connectivity index (χ4v) is 4.63. The number of nitrogens with zero attached hydrogens (tertiary/aromatic N) is 1. The van der Waals surface area contributed by atoms with Crippen molar-refractivity contribution in [2.75, 3.05) is 6.26 Å². The predicted molar refractivity (Wildman–Crippen MR) is 113 cm³/mol. The number of rotatable bonds is 5. The van der Waals surface area contributed by atoms with Crippen LogP contribution in [0.1, 0.15) is 39.5 Å². The number of aromatic nitrogens is 2. The minimum Gasteiger partial charge on any atom is -0.302 e. The maximum absolute atomic E-state index is 13.1.